The summed E-state index contributed by atoms with van der Waals surface area (Å²) in [7, 11) is 0. The maximum atomic E-state index is 9.79. The lowest BCUT2D eigenvalue weighted by Crippen LogP contribution is -2.15. The van der Waals surface area contributed by atoms with Crippen LogP contribution in [0.4, 0.5) is 0 Å². The van der Waals surface area contributed by atoms with Crippen LogP contribution in [0.1, 0.15) is 77.6 Å². The van der Waals surface area contributed by atoms with E-state index in [1.54, 1.807) is 0 Å². The number of allylic oxidation sites excluding steroid dienone is 1. The number of rotatable bonds is 14. The molecule has 0 radical (unpaired) electrons. The molecule has 1 heterocycles. The van der Waals surface area contributed by atoms with Crippen LogP contribution in [0, 0.1) is 0 Å². The van der Waals surface area contributed by atoms with Gasteiger partial charge in [0.15, 0.2) is 0 Å². The topological polar surface area (TPSA) is 62.4 Å². The highest BCUT2D eigenvalue weighted by molar-refractivity contribution is 5.09. The second kappa shape index (κ2) is 12.2. The minimum absolute atomic E-state index is 0.0685. The van der Waals surface area contributed by atoms with Crippen molar-refractivity contribution < 1.29 is 10.2 Å². The Balaban J connectivity index is 1.80. The lowest BCUT2D eigenvalue weighted by molar-refractivity contribution is 0.210. The Bertz CT molecular complexity index is 268. The van der Waals surface area contributed by atoms with Gasteiger partial charge in [0, 0.05) is 6.04 Å². The summed E-state index contributed by atoms with van der Waals surface area (Å²) >= 11 is 0. The number of unbranched alkanes of at least 4 members (excludes halogenated alkanes) is 10. The maximum absolute atomic E-state index is 9.79. The van der Waals surface area contributed by atoms with E-state index in [-0.39, 0.29) is 18.7 Å². The molecule has 3 N–H and O–H groups in total. The first-order chi connectivity index (χ1) is 10.3. The molecule has 3 heteroatoms. The fraction of sp³-hybridized carbons (Fsp3) is 0.889. The van der Waals surface area contributed by atoms with Gasteiger partial charge in [0.25, 0.3) is 0 Å². The lowest BCUT2D eigenvalue weighted by atomic mass is 10.1. The molecule has 1 aliphatic heterocycles. The zero-order chi connectivity index (χ0) is 15.3. The summed E-state index contributed by atoms with van der Waals surface area (Å²) in [5.74, 6) is 0. The second-order valence-electron chi connectivity index (χ2n) is 6.37. The Hall–Kier alpha value is -0.380. The van der Waals surface area contributed by atoms with Gasteiger partial charge < -0.3 is 15.5 Å². The highest BCUT2D eigenvalue weighted by atomic mass is 16.3. The quantitative estimate of drug-likeness (QED) is 0.261. The van der Waals surface area contributed by atoms with Crippen LogP contribution < -0.4 is 5.32 Å². The largest absolute Gasteiger partial charge is 0.395 e. The molecule has 1 rings (SSSR count). The molecule has 1 fully saturated rings. The highest BCUT2D eigenvalue weighted by Gasteiger charge is 2.39. The third-order valence-corrected chi connectivity index (χ3v) is 4.35. The molecule has 3 atom stereocenters. The van der Waals surface area contributed by atoms with Gasteiger partial charge in [0.1, 0.15) is 0 Å². The fourth-order valence-corrected chi connectivity index (χ4v) is 2.80. The van der Waals surface area contributed by atoms with Gasteiger partial charge in [0.2, 0.25) is 0 Å². The molecule has 0 unspecified atom stereocenters. The van der Waals surface area contributed by atoms with E-state index in [2.05, 4.69) is 18.3 Å². The van der Waals surface area contributed by atoms with E-state index < -0.39 is 6.10 Å². The van der Waals surface area contributed by atoms with Crippen molar-refractivity contribution in [2.45, 2.75) is 95.7 Å². The first-order valence-corrected chi connectivity index (χ1v) is 9.01. The standard InChI is InChI=1S/C18H35NO2/c1-2-3-4-5-6-7-8-9-10-11-12-13-14-17(21)18-16(15-20)19-18/h13-14,16-21H,2-12,15H2,1H3/b14-13+/t16-,17-,18-/m0/s1. The molecule has 21 heavy (non-hydrogen) atoms. The van der Waals surface area contributed by atoms with Crippen LogP contribution in [-0.2, 0) is 0 Å². The van der Waals surface area contributed by atoms with E-state index in [0.717, 1.165) is 6.42 Å². The van der Waals surface area contributed by atoms with E-state index in [1.165, 1.54) is 64.2 Å². The highest BCUT2D eigenvalue weighted by Crippen LogP contribution is 2.16. The first kappa shape index (κ1) is 18.7. The zero-order valence-electron chi connectivity index (χ0n) is 13.8. The number of aliphatic hydroxyl groups is 2. The summed E-state index contributed by atoms with van der Waals surface area (Å²) < 4.78 is 0. The van der Waals surface area contributed by atoms with Gasteiger partial charge in [-0.05, 0) is 12.8 Å². The Kier molecular flexibility index (Phi) is 10.8. The summed E-state index contributed by atoms with van der Waals surface area (Å²) in [5, 5.41) is 21.8. The van der Waals surface area contributed by atoms with E-state index in [1.807, 2.05) is 6.08 Å². The molecule has 0 amide bonds. The van der Waals surface area contributed by atoms with Crippen molar-refractivity contribution in [3.05, 3.63) is 12.2 Å². The molecule has 0 spiro atoms. The summed E-state index contributed by atoms with van der Waals surface area (Å²) in [6, 6.07) is 0.168. The third kappa shape index (κ3) is 9.28. The Morgan fingerprint density at radius 2 is 1.52 bits per heavy atom. The molecular weight excluding hydrogens is 262 g/mol. The molecule has 0 aliphatic carbocycles. The number of hydrogen-bond acceptors (Lipinski definition) is 3. The lowest BCUT2D eigenvalue weighted by Gasteiger charge is -2.02. The van der Waals surface area contributed by atoms with Crippen molar-refractivity contribution >= 4 is 0 Å². The molecule has 0 saturated carbocycles. The van der Waals surface area contributed by atoms with Crippen LogP contribution in [0.25, 0.3) is 0 Å². The number of hydrogen-bond donors (Lipinski definition) is 3. The van der Waals surface area contributed by atoms with Crippen molar-refractivity contribution in [2.24, 2.45) is 0 Å². The summed E-state index contributed by atoms with van der Waals surface area (Å²) in [5.41, 5.74) is 0. The number of aliphatic hydroxyl groups excluding tert-OH is 2. The number of nitrogens with one attached hydrogen (secondary N) is 1. The average molecular weight is 297 g/mol. The Labute approximate surface area is 130 Å². The Morgan fingerprint density at radius 3 is 2.05 bits per heavy atom. The Morgan fingerprint density at radius 1 is 0.952 bits per heavy atom. The molecule has 0 aromatic rings. The van der Waals surface area contributed by atoms with Crippen LogP contribution in [0.2, 0.25) is 0 Å². The summed E-state index contributed by atoms with van der Waals surface area (Å²) in [6.07, 6.45) is 18.2. The molecule has 1 saturated heterocycles. The van der Waals surface area contributed by atoms with E-state index >= 15 is 0 Å². The summed E-state index contributed by atoms with van der Waals surface area (Å²) in [4.78, 5) is 0. The van der Waals surface area contributed by atoms with Gasteiger partial charge in [-0.15, -0.1) is 0 Å². The smallest absolute Gasteiger partial charge is 0.0890 e. The van der Waals surface area contributed by atoms with Crippen LogP contribution >= 0.6 is 0 Å². The monoisotopic (exact) mass is 297 g/mol. The van der Waals surface area contributed by atoms with Crippen LogP contribution in [-0.4, -0.2) is 35.0 Å². The minimum atomic E-state index is -0.440. The van der Waals surface area contributed by atoms with Gasteiger partial charge in [-0.3, -0.25) is 0 Å². The molecular formula is C18H35NO2. The van der Waals surface area contributed by atoms with Gasteiger partial charge in [-0.2, -0.15) is 0 Å². The SMILES string of the molecule is CCCCCCCCCCCC/C=C/[C@H](O)[C@H]1N[C@H]1CO. The van der Waals surface area contributed by atoms with Crippen molar-refractivity contribution in [1.82, 2.24) is 5.32 Å². The predicted molar refractivity (Wildman–Crippen MR) is 89.4 cm³/mol. The normalized spacial score (nSPS) is 22.8. The average Bonchev–Trinajstić information content (AvgIpc) is 3.28. The zero-order valence-corrected chi connectivity index (χ0v) is 13.8. The molecule has 0 bridgehead atoms. The predicted octanol–water partition coefficient (Wildman–Crippen LogP) is 3.55. The fourth-order valence-electron chi connectivity index (χ4n) is 2.80. The van der Waals surface area contributed by atoms with Crippen molar-refractivity contribution in [3.8, 4) is 0 Å². The molecule has 0 aromatic heterocycles. The summed E-state index contributed by atoms with van der Waals surface area (Å²) in [6.45, 7) is 2.38. The molecule has 3 nitrogen and oxygen atoms in total. The van der Waals surface area contributed by atoms with Gasteiger partial charge in [-0.1, -0.05) is 76.9 Å². The van der Waals surface area contributed by atoms with Gasteiger partial charge in [-0.25, -0.2) is 0 Å². The van der Waals surface area contributed by atoms with Crippen molar-refractivity contribution in [2.75, 3.05) is 6.61 Å². The van der Waals surface area contributed by atoms with Gasteiger partial charge in [0.05, 0.1) is 18.8 Å². The van der Waals surface area contributed by atoms with Crippen molar-refractivity contribution in [1.29, 1.82) is 0 Å². The first-order valence-electron chi connectivity index (χ1n) is 9.01. The molecule has 0 aromatic carbocycles. The van der Waals surface area contributed by atoms with Crippen LogP contribution in [0.15, 0.2) is 12.2 Å². The van der Waals surface area contributed by atoms with Gasteiger partial charge >= 0.3 is 0 Å². The minimum Gasteiger partial charge on any atom is -0.395 e. The third-order valence-electron chi connectivity index (χ3n) is 4.35. The van der Waals surface area contributed by atoms with Crippen LogP contribution in [0.5, 0.6) is 0 Å². The second-order valence-corrected chi connectivity index (χ2v) is 6.37. The molecule has 1 aliphatic rings. The van der Waals surface area contributed by atoms with E-state index in [9.17, 15) is 5.11 Å². The van der Waals surface area contributed by atoms with Crippen LogP contribution in [0.3, 0.4) is 0 Å². The van der Waals surface area contributed by atoms with E-state index in [0.29, 0.717) is 0 Å². The van der Waals surface area contributed by atoms with E-state index in [4.69, 9.17) is 5.11 Å². The maximum Gasteiger partial charge on any atom is 0.0890 e. The molecule has 124 valence electrons. The van der Waals surface area contributed by atoms with Crippen molar-refractivity contribution in [3.63, 3.8) is 0 Å².